The molecule has 0 heterocycles. The minimum Gasteiger partial charge on any atom is -0.508 e. The zero-order valence-electron chi connectivity index (χ0n) is 9.51. The van der Waals surface area contributed by atoms with Crippen LogP contribution in [0.3, 0.4) is 0 Å². The van der Waals surface area contributed by atoms with Gasteiger partial charge in [-0.25, -0.2) is 4.39 Å². The first-order valence-electron chi connectivity index (χ1n) is 5.41. The van der Waals surface area contributed by atoms with E-state index in [9.17, 15) is 14.3 Å². The Morgan fingerprint density at radius 2 is 1.83 bits per heavy atom. The average molecular weight is 242 g/mol. The molecule has 0 aliphatic heterocycles. The number of rotatable bonds is 3. The van der Waals surface area contributed by atoms with Crippen LogP contribution in [-0.2, 0) is 4.79 Å². The number of allylic oxidation sites excluding steroid dienone is 1. The van der Waals surface area contributed by atoms with Gasteiger partial charge in [0.25, 0.3) is 0 Å². The second-order valence-electron chi connectivity index (χ2n) is 3.82. The van der Waals surface area contributed by atoms with E-state index in [1.165, 1.54) is 24.3 Å². The molecular weight excluding hydrogens is 231 g/mol. The highest BCUT2D eigenvalue weighted by Crippen LogP contribution is 2.19. The summed E-state index contributed by atoms with van der Waals surface area (Å²) in [5.74, 6) is -0.213. The molecule has 0 aliphatic rings. The molecule has 0 unspecified atom stereocenters. The SMILES string of the molecule is O=C/C(=C/c1cccc(F)c1)c1ccc(O)cc1. The van der Waals surface area contributed by atoms with Gasteiger partial charge in [-0.3, -0.25) is 4.79 Å². The van der Waals surface area contributed by atoms with Crippen molar-refractivity contribution in [2.24, 2.45) is 0 Å². The minimum atomic E-state index is -0.347. The zero-order valence-corrected chi connectivity index (χ0v) is 9.51. The van der Waals surface area contributed by atoms with Crippen molar-refractivity contribution in [3.8, 4) is 5.75 Å². The highest BCUT2D eigenvalue weighted by atomic mass is 19.1. The number of carbonyl (C=O) groups is 1. The van der Waals surface area contributed by atoms with E-state index < -0.39 is 0 Å². The largest absolute Gasteiger partial charge is 0.508 e. The Balaban J connectivity index is 2.39. The van der Waals surface area contributed by atoms with E-state index >= 15 is 0 Å². The van der Waals surface area contributed by atoms with Crippen molar-refractivity contribution in [3.63, 3.8) is 0 Å². The minimum absolute atomic E-state index is 0.134. The third kappa shape index (κ3) is 2.83. The van der Waals surface area contributed by atoms with Crippen LogP contribution in [0.1, 0.15) is 11.1 Å². The molecule has 0 aromatic heterocycles. The number of halogens is 1. The van der Waals surface area contributed by atoms with Gasteiger partial charge in [0.15, 0.2) is 6.29 Å². The van der Waals surface area contributed by atoms with Crippen LogP contribution in [-0.4, -0.2) is 11.4 Å². The number of phenols is 1. The smallest absolute Gasteiger partial charge is 0.150 e. The highest BCUT2D eigenvalue weighted by molar-refractivity contribution is 6.13. The second kappa shape index (κ2) is 5.27. The fraction of sp³-hybridized carbons (Fsp3) is 0. The summed E-state index contributed by atoms with van der Waals surface area (Å²) in [4.78, 5) is 11.1. The van der Waals surface area contributed by atoms with Gasteiger partial charge in [-0.05, 0) is 41.5 Å². The molecule has 2 aromatic carbocycles. The van der Waals surface area contributed by atoms with Crippen LogP contribution in [0.15, 0.2) is 48.5 Å². The normalized spacial score (nSPS) is 11.3. The van der Waals surface area contributed by atoms with Crippen LogP contribution >= 0.6 is 0 Å². The van der Waals surface area contributed by atoms with Gasteiger partial charge in [-0.1, -0.05) is 24.3 Å². The molecule has 1 N–H and O–H groups in total. The summed E-state index contributed by atoms with van der Waals surface area (Å²) in [6.07, 6.45) is 2.31. The number of hydrogen-bond donors (Lipinski definition) is 1. The van der Waals surface area contributed by atoms with E-state index in [2.05, 4.69) is 0 Å². The Labute approximate surface area is 104 Å². The lowest BCUT2D eigenvalue weighted by Crippen LogP contribution is -1.86. The molecule has 0 bridgehead atoms. The Morgan fingerprint density at radius 3 is 2.44 bits per heavy atom. The highest BCUT2D eigenvalue weighted by Gasteiger charge is 2.01. The van der Waals surface area contributed by atoms with Gasteiger partial charge < -0.3 is 5.11 Å². The van der Waals surface area contributed by atoms with Crippen molar-refractivity contribution in [2.75, 3.05) is 0 Å². The third-order valence-corrected chi connectivity index (χ3v) is 2.50. The third-order valence-electron chi connectivity index (χ3n) is 2.50. The van der Waals surface area contributed by atoms with Crippen molar-refractivity contribution in [1.82, 2.24) is 0 Å². The summed E-state index contributed by atoms with van der Waals surface area (Å²) in [6, 6.07) is 12.3. The van der Waals surface area contributed by atoms with Crippen LogP contribution in [0, 0.1) is 5.82 Å². The molecule has 2 nitrogen and oxygen atoms in total. The zero-order chi connectivity index (χ0) is 13.0. The quantitative estimate of drug-likeness (QED) is 0.509. The number of hydrogen-bond acceptors (Lipinski definition) is 2. The van der Waals surface area contributed by atoms with E-state index in [-0.39, 0.29) is 11.6 Å². The molecule has 0 atom stereocenters. The van der Waals surface area contributed by atoms with Gasteiger partial charge in [0, 0.05) is 5.57 Å². The van der Waals surface area contributed by atoms with Crippen molar-refractivity contribution < 1.29 is 14.3 Å². The van der Waals surface area contributed by atoms with Crippen molar-refractivity contribution in [1.29, 1.82) is 0 Å². The number of aldehydes is 1. The summed E-state index contributed by atoms with van der Waals surface area (Å²) in [5.41, 5.74) is 1.72. The summed E-state index contributed by atoms with van der Waals surface area (Å²) < 4.78 is 13.0. The van der Waals surface area contributed by atoms with Crippen LogP contribution in [0.2, 0.25) is 0 Å². The van der Waals surface area contributed by atoms with Gasteiger partial charge in [-0.2, -0.15) is 0 Å². The maximum atomic E-state index is 13.0. The van der Waals surface area contributed by atoms with Gasteiger partial charge in [0.2, 0.25) is 0 Å². The van der Waals surface area contributed by atoms with Crippen LogP contribution in [0.4, 0.5) is 4.39 Å². The summed E-state index contributed by atoms with van der Waals surface area (Å²) in [5, 5.41) is 9.18. The molecule has 0 aliphatic carbocycles. The number of carbonyl (C=O) groups excluding carboxylic acids is 1. The van der Waals surface area contributed by atoms with E-state index in [1.54, 1.807) is 30.3 Å². The Bertz CT molecular complexity index is 586. The predicted octanol–water partition coefficient (Wildman–Crippen LogP) is 3.27. The molecule has 2 aromatic rings. The predicted molar refractivity (Wildman–Crippen MR) is 68.4 cm³/mol. The molecule has 0 amide bonds. The van der Waals surface area contributed by atoms with E-state index in [1.807, 2.05) is 0 Å². The molecule has 3 heteroatoms. The first kappa shape index (κ1) is 12.0. The molecule has 0 fully saturated rings. The van der Waals surface area contributed by atoms with Crippen molar-refractivity contribution in [2.45, 2.75) is 0 Å². The molecule has 90 valence electrons. The lowest BCUT2D eigenvalue weighted by Gasteiger charge is -2.01. The first-order valence-corrected chi connectivity index (χ1v) is 5.41. The topological polar surface area (TPSA) is 37.3 Å². The van der Waals surface area contributed by atoms with Crippen molar-refractivity contribution >= 4 is 17.9 Å². The summed E-state index contributed by atoms with van der Waals surface area (Å²) >= 11 is 0. The maximum Gasteiger partial charge on any atom is 0.150 e. The molecule has 2 rings (SSSR count). The Hall–Kier alpha value is -2.42. The molecule has 0 radical (unpaired) electrons. The first-order chi connectivity index (χ1) is 8.69. The Morgan fingerprint density at radius 1 is 1.11 bits per heavy atom. The van der Waals surface area contributed by atoms with Gasteiger partial charge in [0.05, 0.1) is 0 Å². The number of benzene rings is 2. The fourth-order valence-electron chi connectivity index (χ4n) is 1.62. The van der Waals surface area contributed by atoms with Crippen LogP contribution < -0.4 is 0 Å². The lowest BCUT2D eigenvalue weighted by molar-refractivity contribution is -0.103. The van der Waals surface area contributed by atoms with Gasteiger partial charge >= 0.3 is 0 Å². The van der Waals surface area contributed by atoms with E-state index in [4.69, 9.17) is 0 Å². The molecule has 0 saturated heterocycles. The molecule has 18 heavy (non-hydrogen) atoms. The van der Waals surface area contributed by atoms with Gasteiger partial charge in [-0.15, -0.1) is 0 Å². The fourth-order valence-corrected chi connectivity index (χ4v) is 1.62. The monoisotopic (exact) mass is 242 g/mol. The molecule has 0 saturated carbocycles. The lowest BCUT2D eigenvalue weighted by atomic mass is 10.0. The average Bonchev–Trinajstić information content (AvgIpc) is 2.37. The van der Waals surface area contributed by atoms with Crippen LogP contribution in [0.5, 0.6) is 5.75 Å². The molecular formula is C15H11FO2. The number of aromatic hydroxyl groups is 1. The van der Waals surface area contributed by atoms with Crippen molar-refractivity contribution in [3.05, 3.63) is 65.5 Å². The number of phenolic OH excluding ortho intramolecular Hbond substituents is 1. The second-order valence-corrected chi connectivity index (χ2v) is 3.82. The van der Waals surface area contributed by atoms with Gasteiger partial charge in [0.1, 0.15) is 11.6 Å². The van der Waals surface area contributed by atoms with E-state index in [0.717, 1.165) is 0 Å². The standard InChI is InChI=1S/C15H11FO2/c16-14-3-1-2-11(9-14)8-13(10-17)12-4-6-15(18)7-5-12/h1-10,18H/b13-8-. The summed E-state index contributed by atoms with van der Waals surface area (Å²) in [7, 11) is 0. The maximum absolute atomic E-state index is 13.0. The molecule has 0 spiro atoms. The van der Waals surface area contributed by atoms with Crippen LogP contribution in [0.25, 0.3) is 11.6 Å². The summed E-state index contributed by atoms with van der Waals surface area (Å²) in [6.45, 7) is 0. The van der Waals surface area contributed by atoms with E-state index in [0.29, 0.717) is 23.0 Å². The Kier molecular flexibility index (Phi) is 3.53.